The fraction of sp³-hybridized carbons (Fsp3) is 0.615. The summed E-state index contributed by atoms with van der Waals surface area (Å²) in [7, 11) is -2.03. The van der Waals surface area contributed by atoms with E-state index in [1.165, 1.54) is 10.4 Å². The van der Waals surface area contributed by atoms with Gasteiger partial charge in [-0.05, 0) is 31.7 Å². The van der Waals surface area contributed by atoms with E-state index in [2.05, 4.69) is 0 Å². The van der Waals surface area contributed by atoms with E-state index in [9.17, 15) is 13.2 Å². The van der Waals surface area contributed by atoms with Crippen molar-refractivity contribution in [1.82, 2.24) is 4.31 Å². The van der Waals surface area contributed by atoms with Crippen LogP contribution in [-0.4, -0.2) is 50.6 Å². The number of hydrogen-bond donors (Lipinski definition) is 1. The van der Waals surface area contributed by atoms with Crippen molar-refractivity contribution in [3.8, 4) is 0 Å². The van der Waals surface area contributed by atoms with E-state index in [1.807, 2.05) is 0 Å². The summed E-state index contributed by atoms with van der Waals surface area (Å²) in [6.45, 7) is 3.07. The van der Waals surface area contributed by atoms with Gasteiger partial charge in [0.15, 0.2) is 0 Å². The lowest BCUT2D eigenvalue weighted by atomic mass is 10.0. The van der Waals surface area contributed by atoms with Crippen molar-refractivity contribution in [2.75, 3.05) is 26.8 Å². The average molecular weight is 333 g/mol. The number of aromatic carboxylic acids is 1. The molecule has 0 bridgehead atoms. The number of sulfonamides is 1. The van der Waals surface area contributed by atoms with Crippen molar-refractivity contribution < 1.29 is 23.1 Å². The SMILES string of the molecule is COCC1CCCN(S(=O)(=O)c2cc(C(=O)O)sc2C)C1. The molecule has 0 aliphatic carbocycles. The van der Waals surface area contributed by atoms with Gasteiger partial charge in [-0.25, -0.2) is 13.2 Å². The Kier molecular flexibility index (Phi) is 5.03. The quantitative estimate of drug-likeness (QED) is 0.888. The molecule has 1 aliphatic rings. The minimum Gasteiger partial charge on any atom is -0.477 e. The molecule has 1 aromatic rings. The van der Waals surface area contributed by atoms with Gasteiger partial charge in [-0.1, -0.05) is 0 Å². The molecule has 0 aromatic carbocycles. The van der Waals surface area contributed by atoms with E-state index in [4.69, 9.17) is 9.84 Å². The summed E-state index contributed by atoms with van der Waals surface area (Å²) in [4.78, 5) is 11.7. The topological polar surface area (TPSA) is 83.9 Å². The molecule has 1 saturated heterocycles. The maximum Gasteiger partial charge on any atom is 0.345 e. The van der Waals surface area contributed by atoms with Crippen LogP contribution in [0.15, 0.2) is 11.0 Å². The van der Waals surface area contributed by atoms with Crippen LogP contribution >= 0.6 is 11.3 Å². The van der Waals surface area contributed by atoms with E-state index in [0.717, 1.165) is 24.2 Å². The molecule has 1 fully saturated rings. The summed E-state index contributed by atoms with van der Waals surface area (Å²) in [5.74, 6) is -0.906. The summed E-state index contributed by atoms with van der Waals surface area (Å²) in [6.07, 6.45) is 1.74. The van der Waals surface area contributed by atoms with Crippen LogP contribution < -0.4 is 0 Å². The van der Waals surface area contributed by atoms with Crippen molar-refractivity contribution in [2.45, 2.75) is 24.7 Å². The number of rotatable bonds is 5. The van der Waals surface area contributed by atoms with Gasteiger partial charge in [0.1, 0.15) is 4.88 Å². The Morgan fingerprint density at radius 1 is 1.57 bits per heavy atom. The number of nitrogens with zero attached hydrogens (tertiary/aromatic N) is 1. The second kappa shape index (κ2) is 6.43. The first kappa shape index (κ1) is 16.4. The van der Waals surface area contributed by atoms with Crippen LogP contribution in [0, 0.1) is 12.8 Å². The molecule has 1 aromatic heterocycles. The van der Waals surface area contributed by atoms with Gasteiger partial charge in [0, 0.05) is 25.1 Å². The fourth-order valence-corrected chi connectivity index (χ4v) is 5.54. The third-order valence-corrected chi connectivity index (χ3v) is 6.74. The Morgan fingerprint density at radius 3 is 2.86 bits per heavy atom. The Labute approximate surface area is 128 Å². The maximum atomic E-state index is 12.7. The molecule has 2 rings (SSSR count). The molecular formula is C13H19NO5S2. The minimum absolute atomic E-state index is 0.0523. The van der Waals surface area contributed by atoms with Crippen molar-refractivity contribution in [1.29, 1.82) is 0 Å². The number of carboxylic acids is 1. The summed E-state index contributed by atoms with van der Waals surface area (Å²) >= 11 is 0.994. The van der Waals surface area contributed by atoms with E-state index < -0.39 is 16.0 Å². The first-order valence-electron chi connectivity index (χ1n) is 6.69. The van der Waals surface area contributed by atoms with Crippen LogP contribution in [0.4, 0.5) is 0 Å². The molecule has 0 spiro atoms. The van der Waals surface area contributed by atoms with Gasteiger partial charge in [0.05, 0.1) is 11.5 Å². The molecule has 1 N–H and O–H groups in total. The molecule has 0 amide bonds. The van der Waals surface area contributed by atoms with Gasteiger partial charge in [-0.3, -0.25) is 0 Å². The number of aryl methyl sites for hydroxylation is 1. The van der Waals surface area contributed by atoms with Crippen molar-refractivity contribution in [3.05, 3.63) is 15.8 Å². The highest BCUT2D eigenvalue weighted by molar-refractivity contribution is 7.89. The number of hydrogen-bond acceptors (Lipinski definition) is 5. The Morgan fingerprint density at radius 2 is 2.29 bits per heavy atom. The smallest absolute Gasteiger partial charge is 0.345 e. The molecule has 1 atom stereocenters. The third-order valence-electron chi connectivity index (χ3n) is 3.58. The van der Waals surface area contributed by atoms with Crippen LogP contribution in [0.25, 0.3) is 0 Å². The lowest BCUT2D eigenvalue weighted by Gasteiger charge is -2.31. The van der Waals surface area contributed by atoms with E-state index >= 15 is 0 Å². The summed E-state index contributed by atoms with van der Waals surface area (Å²) in [5, 5.41) is 9.00. The normalized spacial score (nSPS) is 20.6. The van der Waals surface area contributed by atoms with Crippen LogP contribution in [0.2, 0.25) is 0 Å². The van der Waals surface area contributed by atoms with Gasteiger partial charge < -0.3 is 9.84 Å². The number of ether oxygens (including phenoxy) is 1. The molecule has 0 radical (unpaired) electrons. The number of thiophene rings is 1. The standard InChI is InChI=1S/C13H19NO5S2/c1-9-12(6-11(20-9)13(15)16)21(17,18)14-5-3-4-10(7-14)8-19-2/h6,10H,3-5,7-8H2,1-2H3,(H,15,16). The molecule has 118 valence electrons. The zero-order valence-electron chi connectivity index (χ0n) is 12.0. The van der Waals surface area contributed by atoms with Crippen LogP contribution in [-0.2, 0) is 14.8 Å². The molecular weight excluding hydrogens is 314 g/mol. The molecule has 1 unspecified atom stereocenters. The van der Waals surface area contributed by atoms with Crippen molar-refractivity contribution in [2.24, 2.45) is 5.92 Å². The molecule has 2 heterocycles. The Hall–Kier alpha value is -0.960. The largest absolute Gasteiger partial charge is 0.477 e. The van der Waals surface area contributed by atoms with Crippen LogP contribution in [0.1, 0.15) is 27.4 Å². The predicted molar refractivity (Wildman–Crippen MR) is 79.4 cm³/mol. The highest BCUT2D eigenvalue weighted by Crippen LogP contribution is 2.30. The number of carbonyl (C=O) groups is 1. The molecule has 0 saturated carbocycles. The first-order valence-corrected chi connectivity index (χ1v) is 8.94. The van der Waals surface area contributed by atoms with E-state index in [1.54, 1.807) is 14.0 Å². The van der Waals surface area contributed by atoms with Crippen LogP contribution in [0.5, 0.6) is 0 Å². The summed E-state index contributed by atoms with van der Waals surface area (Å²) < 4.78 is 31.9. The zero-order valence-corrected chi connectivity index (χ0v) is 13.7. The number of carboxylic acid groups (broad SMARTS) is 1. The van der Waals surface area contributed by atoms with Crippen LogP contribution in [0.3, 0.4) is 0 Å². The maximum absolute atomic E-state index is 12.7. The second-order valence-electron chi connectivity index (χ2n) is 5.16. The monoisotopic (exact) mass is 333 g/mol. The molecule has 21 heavy (non-hydrogen) atoms. The van der Waals surface area contributed by atoms with Gasteiger partial charge >= 0.3 is 5.97 Å². The third kappa shape index (κ3) is 3.45. The van der Waals surface area contributed by atoms with Crippen molar-refractivity contribution in [3.63, 3.8) is 0 Å². The molecule has 1 aliphatic heterocycles. The van der Waals surface area contributed by atoms with Gasteiger partial charge in [0.25, 0.3) is 0 Å². The van der Waals surface area contributed by atoms with Gasteiger partial charge in [0.2, 0.25) is 10.0 Å². The molecule has 6 nitrogen and oxygen atoms in total. The number of piperidine rings is 1. The summed E-state index contributed by atoms with van der Waals surface area (Å²) in [5.41, 5.74) is 0. The first-order chi connectivity index (χ1) is 9.86. The van der Waals surface area contributed by atoms with Gasteiger partial charge in [-0.15, -0.1) is 11.3 Å². The fourth-order valence-electron chi connectivity index (χ4n) is 2.58. The second-order valence-corrected chi connectivity index (χ2v) is 8.33. The number of methoxy groups -OCH3 is 1. The predicted octanol–water partition coefficient (Wildman–Crippen LogP) is 1.80. The van der Waals surface area contributed by atoms with Gasteiger partial charge in [-0.2, -0.15) is 4.31 Å². The zero-order chi connectivity index (χ0) is 15.6. The Balaban J connectivity index is 2.27. The summed E-state index contributed by atoms with van der Waals surface area (Å²) in [6, 6.07) is 1.26. The highest BCUT2D eigenvalue weighted by atomic mass is 32.2. The lowest BCUT2D eigenvalue weighted by Crippen LogP contribution is -2.41. The minimum atomic E-state index is -3.63. The van der Waals surface area contributed by atoms with E-state index in [-0.39, 0.29) is 15.7 Å². The lowest BCUT2D eigenvalue weighted by molar-refractivity contribution is 0.0702. The molecule has 8 heteroatoms. The average Bonchev–Trinajstić information content (AvgIpc) is 2.82. The highest BCUT2D eigenvalue weighted by Gasteiger charge is 2.32. The van der Waals surface area contributed by atoms with Crippen molar-refractivity contribution >= 4 is 27.3 Å². The van der Waals surface area contributed by atoms with E-state index in [0.29, 0.717) is 24.6 Å². The Bertz CT molecular complexity index is 621.